The van der Waals surface area contributed by atoms with Gasteiger partial charge in [0.2, 0.25) is 0 Å². The van der Waals surface area contributed by atoms with E-state index in [2.05, 4.69) is 0 Å². The minimum absolute atomic E-state index is 0.0475. The quantitative estimate of drug-likeness (QED) is 0.289. The van der Waals surface area contributed by atoms with Gasteiger partial charge in [-0.2, -0.15) is 0 Å². The number of para-hydroxylation sites is 1. The van der Waals surface area contributed by atoms with Gasteiger partial charge in [0.25, 0.3) is 0 Å². The summed E-state index contributed by atoms with van der Waals surface area (Å²) in [5, 5.41) is 19.4. The van der Waals surface area contributed by atoms with Crippen LogP contribution in [0.2, 0.25) is 0 Å². The summed E-state index contributed by atoms with van der Waals surface area (Å²) >= 11 is 0. The van der Waals surface area contributed by atoms with E-state index in [-0.39, 0.29) is 12.2 Å². The van der Waals surface area contributed by atoms with Crippen LogP contribution in [0.15, 0.2) is 63.8 Å². The van der Waals surface area contributed by atoms with Crippen LogP contribution in [0.3, 0.4) is 0 Å². The average molecular weight is 366 g/mol. The number of aliphatic hydroxyl groups excluding tert-OH is 1. The fourth-order valence-corrected chi connectivity index (χ4v) is 2.57. The molecule has 138 valence electrons. The Hall–Kier alpha value is -3.38. The van der Waals surface area contributed by atoms with Crippen molar-refractivity contribution in [1.82, 2.24) is 0 Å². The lowest BCUT2D eigenvalue weighted by Crippen LogP contribution is -2.12. The zero-order valence-electron chi connectivity index (χ0n) is 14.4. The van der Waals surface area contributed by atoms with Gasteiger partial charge in [-0.05, 0) is 35.9 Å². The number of rotatable bonds is 7. The van der Waals surface area contributed by atoms with Crippen LogP contribution in [0.5, 0.6) is 11.5 Å². The average Bonchev–Trinajstić information content (AvgIpc) is 2.67. The van der Waals surface area contributed by atoms with Gasteiger partial charge < -0.3 is 19.4 Å². The molecule has 27 heavy (non-hydrogen) atoms. The Balaban J connectivity index is 1.84. The molecule has 1 aromatic heterocycles. The molecule has 1 heterocycles. The van der Waals surface area contributed by atoms with Crippen LogP contribution in [0, 0.1) is 0 Å². The second kappa shape index (κ2) is 8.33. The maximum Gasteiger partial charge on any atom is 0.351 e. The summed E-state index contributed by atoms with van der Waals surface area (Å²) in [6, 6.07) is 13.5. The van der Waals surface area contributed by atoms with Crippen LogP contribution >= 0.6 is 0 Å². The molecule has 2 N–H and O–H groups in total. The largest absolute Gasteiger partial charge is 0.506 e. The van der Waals surface area contributed by atoms with E-state index < -0.39 is 22.7 Å². The van der Waals surface area contributed by atoms with E-state index in [0.29, 0.717) is 29.7 Å². The summed E-state index contributed by atoms with van der Waals surface area (Å²) in [7, 11) is 0. The van der Waals surface area contributed by atoms with E-state index >= 15 is 0 Å². The minimum Gasteiger partial charge on any atom is -0.506 e. The molecule has 6 nitrogen and oxygen atoms in total. The van der Waals surface area contributed by atoms with Crippen molar-refractivity contribution in [3.63, 3.8) is 0 Å². The third-order valence-electron chi connectivity index (χ3n) is 3.89. The van der Waals surface area contributed by atoms with Crippen molar-refractivity contribution in [1.29, 1.82) is 0 Å². The summed E-state index contributed by atoms with van der Waals surface area (Å²) < 4.78 is 10.6. The van der Waals surface area contributed by atoms with Crippen molar-refractivity contribution >= 4 is 22.8 Å². The number of hydrogen-bond acceptors (Lipinski definition) is 6. The number of ketones is 1. The lowest BCUT2D eigenvalue weighted by Gasteiger charge is -2.05. The second-order valence-corrected chi connectivity index (χ2v) is 5.80. The zero-order chi connectivity index (χ0) is 19.2. The molecule has 0 aliphatic carbocycles. The van der Waals surface area contributed by atoms with Gasteiger partial charge in [-0.3, -0.25) is 4.79 Å². The first-order valence-corrected chi connectivity index (χ1v) is 8.41. The zero-order valence-corrected chi connectivity index (χ0v) is 14.4. The van der Waals surface area contributed by atoms with E-state index in [1.807, 2.05) is 0 Å². The molecule has 0 saturated heterocycles. The highest BCUT2D eigenvalue weighted by Crippen LogP contribution is 2.26. The standard InChI is InChI=1S/C21H18O6/c22-11-4-12-26-15-6-3-5-14(13-15)9-10-17(23)19-20(24)16-7-1-2-8-18(16)27-21(19)25/h1-3,5-10,13,22,24H,4,11-12H2/b10-9+. The first-order chi connectivity index (χ1) is 13.1. The van der Waals surface area contributed by atoms with Gasteiger partial charge in [0.05, 0.1) is 12.0 Å². The molecule has 0 aliphatic rings. The van der Waals surface area contributed by atoms with Crippen LogP contribution < -0.4 is 10.4 Å². The van der Waals surface area contributed by atoms with Crippen molar-refractivity contribution < 1.29 is 24.2 Å². The second-order valence-electron chi connectivity index (χ2n) is 5.80. The van der Waals surface area contributed by atoms with Crippen LogP contribution in [-0.4, -0.2) is 29.2 Å². The Labute approximate surface area is 155 Å². The van der Waals surface area contributed by atoms with Gasteiger partial charge >= 0.3 is 5.63 Å². The van der Waals surface area contributed by atoms with Crippen LogP contribution in [-0.2, 0) is 0 Å². The van der Waals surface area contributed by atoms with Gasteiger partial charge in [-0.25, -0.2) is 4.79 Å². The maximum atomic E-state index is 12.4. The fraction of sp³-hybridized carbons (Fsp3) is 0.143. The molecular formula is C21H18O6. The van der Waals surface area contributed by atoms with Crippen molar-refractivity contribution in [3.8, 4) is 11.5 Å². The highest BCUT2D eigenvalue weighted by Gasteiger charge is 2.18. The molecule has 0 unspecified atom stereocenters. The number of carbonyl (C=O) groups is 1. The summed E-state index contributed by atoms with van der Waals surface area (Å²) in [4.78, 5) is 24.5. The Kier molecular flexibility index (Phi) is 5.68. The Morgan fingerprint density at radius 1 is 1.15 bits per heavy atom. The highest BCUT2D eigenvalue weighted by atomic mass is 16.5. The maximum absolute atomic E-state index is 12.4. The van der Waals surface area contributed by atoms with Crippen molar-refractivity contribution in [2.45, 2.75) is 6.42 Å². The number of benzene rings is 2. The molecule has 0 spiro atoms. The van der Waals surface area contributed by atoms with E-state index in [4.69, 9.17) is 14.3 Å². The molecule has 3 aromatic rings. The molecule has 0 bridgehead atoms. The van der Waals surface area contributed by atoms with Crippen LogP contribution in [0.25, 0.3) is 17.0 Å². The molecule has 0 atom stereocenters. The smallest absolute Gasteiger partial charge is 0.351 e. The predicted molar refractivity (Wildman–Crippen MR) is 101 cm³/mol. The van der Waals surface area contributed by atoms with Crippen molar-refractivity contribution in [2.75, 3.05) is 13.2 Å². The number of hydrogen-bond donors (Lipinski definition) is 2. The molecule has 2 aromatic carbocycles. The molecule has 0 fully saturated rings. The topological polar surface area (TPSA) is 97.0 Å². The number of fused-ring (bicyclic) bond motifs is 1. The first kappa shape index (κ1) is 18.4. The predicted octanol–water partition coefficient (Wildman–Crippen LogP) is 3.16. The van der Waals surface area contributed by atoms with Gasteiger partial charge in [0, 0.05) is 13.0 Å². The highest BCUT2D eigenvalue weighted by molar-refractivity contribution is 6.10. The summed E-state index contributed by atoms with van der Waals surface area (Å²) in [5.41, 5.74) is -0.384. The lowest BCUT2D eigenvalue weighted by molar-refractivity contribution is 0.104. The third-order valence-corrected chi connectivity index (χ3v) is 3.89. The molecule has 0 saturated carbocycles. The van der Waals surface area contributed by atoms with Gasteiger partial charge in [0.1, 0.15) is 22.6 Å². The molecular weight excluding hydrogens is 348 g/mol. The molecule has 0 amide bonds. The summed E-state index contributed by atoms with van der Waals surface area (Å²) in [5.74, 6) is -0.442. The third kappa shape index (κ3) is 4.24. The Bertz CT molecular complexity index is 1050. The number of ether oxygens (including phenoxy) is 1. The lowest BCUT2D eigenvalue weighted by atomic mass is 10.1. The van der Waals surface area contributed by atoms with E-state index in [1.54, 1.807) is 48.5 Å². The fourth-order valence-electron chi connectivity index (χ4n) is 2.57. The van der Waals surface area contributed by atoms with Gasteiger partial charge in [-0.15, -0.1) is 0 Å². The van der Waals surface area contributed by atoms with Gasteiger partial charge in [-0.1, -0.05) is 30.3 Å². The number of aliphatic hydroxyl groups is 1. The van der Waals surface area contributed by atoms with Crippen molar-refractivity contribution in [2.24, 2.45) is 0 Å². The molecule has 0 aliphatic heterocycles. The number of carbonyl (C=O) groups excluding carboxylic acids is 1. The SMILES string of the molecule is O=C(/C=C/c1cccc(OCCCO)c1)c1c(O)c2ccccc2oc1=O. The normalized spacial score (nSPS) is 11.1. The van der Waals surface area contributed by atoms with Crippen LogP contribution in [0.1, 0.15) is 22.3 Å². The van der Waals surface area contributed by atoms with Crippen LogP contribution in [0.4, 0.5) is 0 Å². The van der Waals surface area contributed by atoms with E-state index in [0.717, 1.165) is 0 Å². The monoisotopic (exact) mass is 366 g/mol. The van der Waals surface area contributed by atoms with E-state index in [1.165, 1.54) is 12.2 Å². The summed E-state index contributed by atoms with van der Waals surface area (Å²) in [6.07, 6.45) is 3.25. The Morgan fingerprint density at radius 3 is 2.78 bits per heavy atom. The first-order valence-electron chi connectivity index (χ1n) is 8.41. The minimum atomic E-state index is -0.887. The molecule has 3 rings (SSSR count). The number of allylic oxidation sites excluding steroid dienone is 1. The summed E-state index contributed by atoms with van der Waals surface area (Å²) in [6.45, 7) is 0.431. The van der Waals surface area contributed by atoms with E-state index in [9.17, 15) is 14.7 Å². The number of aromatic hydroxyl groups is 1. The molecule has 6 heteroatoms. The molecule has 0 radical (unpaired) electrons. The van der Waals surface area contributed by atoms with Gasteiger partial charge in [0.15, 0.2) is 5.78 Å². The van der Waals surface area contributed by atoms with Crippen molar-refractivity contribution in [3.05, 3.63) is 76.2 Å². The Morgan fingerprint density at radius 2 is 1.96 bits per heavy atom.